The van der Waals surface area contributed by atoms with Crippen LogP contribution < -0.4 is 16.1 Å². The van der Waals surface area contributed by atoms with Crippen LogP contribution in [-0.2, 0) is 6.61 Å². The van der Waals surface area contributed by atoms with Gasteiger partial charge >= 0.3 is 5.63 Å². The van der Waals surface area contributed by atoms with Gasteiger partial charge in [0.25, 0.3) is 0 Å². The largest absolute Gasteiger partial charge is 0.439 e. The lowest BCUT2D eigenvalue weighted by Gasteiger charge is -2.26. The number of hydrogen-bond acceptors (Lipinski definition) is 8. The maximum atomic E-state index is 15.4. The Bertz CT molecular complexity index is 1540. The van der Waals surface area contributed by atoms with Gasteiger partial charge in [0.05, 0.1) is 23.5 Å². The molecule has 2 aromatic heterocycles. The van der Waals surface area contributed by atoms with Crippen LogP contribution in [0.4, 0.5) is 4.39 Å². The van der Waals surface area contributed by atoms with Crippen LogP contribution >= 0.6 is 0 Å². The molecule has 0 saturated heterocycles. The van der Waals surface area contributed by atoms with Crippen LogP contribution in [-0.4, -0.2) is 15.1 Å². The molecular formula is C24H15FN4O4. The summed E-state index contributed by atoms with van der Waals surface area (Å²) in [6.07, 6.45) is 4.46. The average Bonchev–Trinajstić information content (AvgIpc) is 2.83. The Hall–Kier alpha value is -4.55. The maximum absolute atomic E-state index is 15.4. The lowest BCUT2D eigenvalue weighted by atomic mass is 9.83. The van der Waals surface area contributed by atoms with Gasteiger partial charge in [0.1, 0.15) is 29.4 Å². The van der Waals surface area contributed by atoms with Gasteiger partial charge in [0.15, 0.2) is 5.75 Å². The Morgan fingerprint density at radius 1 is 1.15 bits per heavy atom. The third-order valence-corrected chi connectivity index (χ3v) is 5.52. The van der Waals surface area contributed by atoms with Crippen LogP contribution in [0.2, 0.25) is 0 Å². The second kappa shape index (κ2) is 7.85. The molecule has 1 aliphatic heterocycles. The number of nitriles is 1. The third-order valence-electron chi connectivity index (χ3n) is 5.52. The maximum Gasteiger partial charge on any atom is 0.344 e. The van der Waals surface area contributed by atoms with Crippen molar-refractivity contribution in [3.05, 3.63) is 99.5 Å². The first-order valence-electron chi connectivity index (χ1n) is 9.84. The minimum absolute atomic E-state index is 0.0281. The molecule has 4 aromatic rings. The van der Waals surface area contributed by atoms with Gasteiger partial charge in [0.2, 0.25) is 5.88 Å². The fourth-order valence-corrected chi connectivity index (χ4v) is 3.96. The zero-order chi connectivity index (χ0) is 23.1. The number of rotatable bonds is 3. The monoisotopic (exact) mass is 442 g/mol. The summed E-state index contributed by atoms with van der Waals surface area (Å²) in [5.41, 5.74) is 7.02. The lowest BCUT2D eigenvalue weighted by Crippen LogP contribution is -2.27. The molecule has 0 bridgehead atoms. The topological polar surface area (TPSA) is 135 Å². The smallest absolute Gasteiger partial charge is 0.344 e. The Morgan fingerprint density at radius 3 is 2.64 bits per heavy atom. The van der Waals surface area contributed by atoms with E-state index in [1.54, 1.807) is 30.6 Å². The molecule has 162 valence electrons. The zero-order valence-corrected chi connectivity index (χ0v) is 16.9. The molecule has 5 rings (SSSR count). The minimum atomic E-state index is -1.13. The van der Waals surface area contributed by atoms with Gasteiger partial charge < -0.3 is 20.0 Å². The van der Waals surface area contributed by atoms with Crippen molar-refractivity contribution in [1.82, 2.24) is 9.97 Å². The van der Waals surface area contributed by atoms with Gasteiger partial charge in [-0.15, -0.1) is 0 Å². The second-order valence-corrected chi connectivity index (χ2v) is 7.41. The van der Waals surface area contributed by atoms with Crippen molar-refractivity contribution in [1.29, 1.82) is 5.26 Å². The van der Waals surface area contributed by atoms with E-state index in [0.717, 1.165) is 0 Å². The van der Waals surface area contributed by atoms with E-state index < -0.39 is 17.4 Å². The highest BCUT2D eigenvalue weighted by Gasteiger charge is 2.37. The molecule has 3 heterocycles. The summed E-state index contributed by atoms with van der Waals surface area (Å²) in [7, 11) is 0. The van der Waals surface area contributed by atoms with Crippen molar-refractivity contribution < 1.29 is 18.7 Å². The van der Waals surface area contributed by atoms with E-state index in [1.165, 1.54) is 24.5 Å². The molecule has 0 saturated carbocycles. The highest BCUT2D eigenvalue weighted by atomic mass is 19.1. The number of aliphatic hydroxyl groups is 1. The third kappa shape index (κ3) is 3.30. The molecule has 0 amide bonds. The summed E-state index contributed by atoms with van der Waals surface area (Å²) >= 11 is 0. The van der Waals surface area contributed by atoms with E-state index in [-0.39, 0.29) is 40.5 Å². The summed E-state index contributed by atoms with van der Waals surface area (Å²) in [4.78, 5) is 20.9. The fraction of sp³-hybridized carbons (Fsp3) is 0.0833. The fourth-order valence-electron chi connectivity index (χ4n) is 3.96. The van der Waals surface area contributed by atoms with Gasteiger partial charge in [-0.05, 0) is 29.3 Å². The first-order chi connectivity index (χ1) is 16.0. The quantitative estimate of drug-likeness (QED) is 0.462. The minimum Gasteiger partial charge on any atom is -0.439 e. The number of benzene rings is 2. The number of hydrogen-bond donors (Lipinski definition) is 2. The molecule has 3 N–H and O–H groups in total. The Kier molecular flexibility index (Phi) is 4.84. The van der Waals surface area contributed by atoms with Crippen LogP contribution in [0, 0.1) is 17.1 Å². The van der Waals surface area contributed by atoms with E-state index in [1.807, 2.05) is 6.07 Å². The molecule has 0 fully saturated rings. The van der Waals surface area contributed by atoms with Crippen LogP contribution in [0.3, 0.4) is 0 Å². The molecule has 0 radical (unpaired) electrons. The lowest BCUT2D eigenvalue weighted by molar-refractivity contribution is 0.282. The SMILES string of the molecule is N#CC1=C(N)Oc2c(c(=O)oc3cc(CO)ccc23)C1c1ccc(-c2cncnc2)cc1F. The predicted octanol–water partition coefficient (Wildman–Crippen LogP) is 3.10. The molecule has 9 heteroatoms. The number of ether oxygens (including phenoxy) is 1. The van der Waals surface area contributed by atoms with Gasteiger partial charge in [-0.1, -0.05) is 18.2 Å². The van der Waals surface area contributed by atoms with Crippen molar-refractivity contribution in [2.75, 3.05) is 0 Å². The summed E-state index contributed by atoms with van der Waals surface area (Å²) in [6, 6.07) is 11.1. The molecule has 33 heavy (non-hydrogen) atoms. The van der Waals surface area contributed by atoms with Crippen molar-refractivity contribution in [2.45, 2.75) is 12.5 Å². The summed E-state index contributed by atoms with van der Waals surface area (Å²) in [5, 5.41) is 19.5. The van der Waals surface area contributed by atoms with Crippen molar-refractivity contribution in [2.24, 2.45) is 5.73 Å². The first kappa shape index (κ1) is 20.4. The number of aliphatic hydroxyl groups excluding tert-OH is 1. The number of nitrogens with zero attached hydrogens (tertiary/aromatic N) is 3. The predicted molar refractivity (Wildman–Crippen MR) is 115 cm³/mol. The van der Waals surface area contributed by atoms with Crippen molar-refractivity contribution in [3.63, 3.8) is 0 Å². The highest BCUT2D eigenvalue weighted by molar-refractivity contribution is 5.86. The van der Waals surface area contributed by atoms with Gasteiger partial charge in [0, 0.05) is 23.5 Å². The Morgan fingerprint density at radius 2 is 1.94 bits per heavy atom. The Labute approximate surface area is 186 Å². The van der Waals surface area contributed by atoms with E-state index in [2.05, 4.69) is 9.97 Å². The average molecular weight is 442 g/mol. The van der Waals surface area contributed by atoms with Gasteiger partial charge in [-0.25, -0.2) is 19.2 Å². The number of nitrogens with two attached hydrogens (primary N) is 1. The van der Waals surface area contributed by atoms with Gasteiger partial charge in [-0.2, -0.15) is 5.26 Å². The first-order valence-corrected chi connectivity index (χ1v) is 9.84. The van der Waals surface area contributed by atoms with E-state index in [0.29, 0.717) is 22.1 Å². The van der Waals surface area contributed by atoms with Crippen molar-refractivity contribution >= 4 is 11.0 Å². The summed E-state index contributed by atoms with van der Waals surface area (Å²) in [5.74, 6) is -1.91. The second-order valence-electron chi connectivity index (χ2n) is 7.41. The molecule has 1 aliphatic rings. The standard InChI is InChI=1S/C24H15FN4O4/c25-18-6-13(14-8-28-11-29-9-14)2-4-15(18)20-17(7-26)23(27)33-22-16-3-1-12(10-30)5-19(16)32-24(31)21(20)22/h1-6,8-9,11,20,30H,10,27H2. The normalized spacial score (nSPS) is 15.1. The molecule has 0 spiro atoms. The van der Waals surface area contributed by atoms with E-state index in [9.17, 15) is 15.2 Å². The van der Waals surface area contributed by atoms with Crippen LogP contribution in [0.1, 0.15) is 22.6 Å². The molecule has 2 aromatic carbocycles. The summed E-state index contributed by atoms with van der Waals surface area (Å²) < 4.78 is 26.5. The van der Waals surface area contributed by atoms with Crippen LogP contribution in [0.15, 0.2) is 75.8 Å². The van der Waals surface area contributed by atoms with Crippen LogP contribution in [0.5, 0.6) is 5.75 Å². The number of fused-ring (bicyclic) bond motifs is 3. The molecule has 8 nitrogen and oxygen atoms in total. The summed E-state index contributed by atoms with van der Waals surface area (Å²) in [6.45, 7) is -0.245. The van der Waals surface area contributed by atoms with E-state index in [4.69, 9.17) is 14.9 Å². The highest BCUT2D eigenvalue weighted by Crippen LogP contribution is 2.44. The molecular weight excluding hydrogens is 427 g/mol. The number of halogens is 1. The Balaban J connectivity index is 1.74. The van der Waals surface area contributed by atoms with Crippen LogP contribution in [0.25, 0.3) is 22.1 Å². The number of allylic oxidation sites excluding steroid dienone is 1. The molecule has 1 atom stereocenters. The van der Waals surface area contributed by atoms with Gasteiger partial charge in [-0.3, -0.25) is 0 Å². The molecule has 1 unspecified atom stereocenters. The number of aromatic nitrogens is 2. The van der Waals surface area contributed by atoms with Crippen molar-refractivity contribution in [3.8, 4) is 22.9 Å². The zero-order valence-electron chi connectivity index (χ0n) is 16.9. The molecule has 0 aliphatic carbocycles. The van der Waals surface area contributed by atoms with E-state index >= 15 is 4.39 Å².